The van der Waals surface area contributed by atoms with Gasteiger partial charge in [-0.25, -0.2) is 4.70 Å². The third kappa shape index (κ3) is 19.3. The maximum Gasteiger partial charge on any atom is 2.00 e. The number of anilines is 2. The predicted molar refractivity (Wildman–Crippen MR) is 225 cm³/mol. The Morgan fingerprint density at radius 2 is 0.961 bits per heavy atom. The van der Waals surface area contributed by atoms with Gasteiger partial charge in [0, 0.05) is 47.2 Å². The third-order valence-electron chi connectivity index (χ3n) is 8.94. The van der Waals surface area contributed by atoms with E-state index in [1.807, 2.05) is 13.8 Å². The van der Waals surface area contributed by atoms with Crippen LogP contribution in [0.4, 0.5) is 11.4 Å². The summed E-state index contributed by atoms with van der Waals surface area (Å²) < 4.78 is 1.48. The number of nitrogens with zero attached hydrogens (tertiary/aromatic N) is 2. The van der Waals surface area contributed by atoms with Crippen LogP contribution in [0.5, 0.6) is 0 Å². The van der Waals surface area contributed by atoms with Crippen molar-refractivity contribution >= 4 is 22.8 Å². The molecule has 0 aromatic heterocycles. The monoisotopic (exact) mass is 743 g/mol. The van der Waals surface area contributed by atoms with Crippen LogP contribution in [0.2, 0.25) is 0 Å². The van der Waals surface area contributed by atoms with Crippen LogP contribution in [0.25, 0.3) is 16.9 Å². The van der Waals surface area contributed by atoms with Crippen molar-refractivity contribution in [3.8, 4) is 0 Å². The van der Waals surface area contributed by atoms with E-state index in [9.17, 15) is 5.53 Å². The molecule has 0 saturated heterocycles. The van der Waals surface area contributed by atoms with Crippen LogP contribution in [0.3, 0.4) is 0 Å². The van der Waals surface area contributed by atoms with Crippen LogP contribution in [0.1, 0.15) is 180 Å². The summed E-state index contributed by atoms with van der Waals surface area (Å²) in [4.78, 5) is 0. The molecule has 290 valence electrons. The summed E-state index contributed by atoms with van der Waals surface area (Å²) in [6.45, 7) is 24.2. The molecule has 2 aromatic carbocycles. The number of aryl methyl sites for hydroxylation is 2. The molecule has 1 aliphatic heterocycles. The summed E-state index contributed by atoms with van der Waals surface area (Å²) in [6.07, 6.45) is 24.9. The Bertz CT molecular complexity index is 1260. The van der Waals surface area contributed by atoms with Gasteiger partial charge in [0.25, 0.3) is 0 Å². The Morgan fingerprint density at radius 3 is 1.41 bits per heavy atom. The second kappa shape index (κ2) is 31.2. The molecule has 2 aromatic rings. The Balaban J connectivity index is 0.00000333. The number of hydrogen-bond acceptors (Lipinski definition) is 2. The predicted octanol–water partition coefficient (Wildman–Crippen LogP) is 14.8. The summed E-state index contributed by atoms with van der Waals surface area (Å²) in [5, 5.41) is 7.39. The van der Waals surface area contributed by atoms with Crippen LogP contribution in [-0.2, 0) is 29.3 Å². The largest absolute Gasteiger partial charge is 2.00 e. The minimum atomic E-state index is 0. The summed E-state index contributed by atoms with van der Waals surface area (Å²) >= 11 is 0. The minimum Gasteiger partial charge on any atom is -0.493 e. The van der Waals surface area contributed by atoms with Crippen molar-refractivity contribution in [2.75, 3.05) is 23.7 Å². The molecule has 1 aliphatic rings. The molecular formula is C46H76N4Ni. The van der Waals surface area contributed by atoms with E-state index in [4.69, 9.17) is 0 Å². The van der Waals surface area contributed by atoms with Crippen molar-refractivity contribution in [3.05, 3.63) is 89.7 Å². The number of rotatable bonds is 23. The number of allylic oxidation sites excluding steroid dienone is 2. The minimum absolute atomic E-state index is 0. The van der Waals surface area contributed by atoms with Gasteiger partial charge in [-0.15, -0.1) is 0 Å². The zero-order valence-corrected chi connectivity index (χ0v) is 35.0. The fourth-order valence-corrected chi connectivity index (χ4v) is 6.18. The van der Waals surface area contributed by atoms with Crippen LogP contribution in [0.15, 0.2) is 48.0 Å². The van der Waals surface area contributed by atoms with Gasteiger partial charge >= 0.3 is 16.5 Å². The van der Waals surface area contributed by atoms with Gasteiger partial charge in [0.05, 0.1) is 0 Å². The van der Waals surface area contributed by atoms with Gasteiger partial charge in [-0.05, 0) is 86.1 Å². The van der Waals surface area contributed by atoms with E-state index in [0.29, 0.717) is 0 Å². The molecule has 0 fully saturated rings. The Morgan fingerprint density at radius 1 is 0.549 bits per heavy atom. The molecule has 0 amide bonds. The summed E-state index contributed by atoms with van der Waals surface area (Å²) in [5.41, 5.74) is 22.0. The van der Waals surface area contributed by atoms with Crippen molar-refractivity contribution in [1.29, 1.82) is 0 Å². The summed E-state index contributed by atoms with van der Waals surface area (Å²) in [5.74, 6) is 0. The number of nitrogens with one attached hydrogen (secondary N) is 2. The van der Waals surface area contributed by atoms with E-state index in [1.54, 1.807) is 0 Å². The summed E-state index contributed by atoms with van der Waals surface area (Å²) in [6, 6.07) is 13.5. The molecule has 0 spiro atoms. The third-order valence-corrected chi connectivity index (χ3v) is 8.94. The maximum absolute atomic E-state index is 11.8. The van der Waals surface area contributed by atoms with Crippen molar-refractivity contribution in [3.63, 3.8) is 0 Å². The van der Waals surface area contributed by atoms with Crippen LogP contribution < -0.4 is 10.6 Å². The first kappa shape index (κ1) is 48.6. The fraction of sp³-hybridized carbons (Fsp3) is 0.609. The molecule has 5 heteroatoms. The molecule has 2 N–H and O–H groups in total. The van der Waals surface area contributed by atoms with E-state index < -0.39 is 0 Å². The smallest absolute Gasteiger partial charge is 0.493 e. The molecule has 0 radical (unpaired) electrons. The molecule has 4 nitrogen and oxygen atoms in total. The second-order valence-electron chi connectivity index (χ2n) is 13.8. The van der Waals surface area contributed by atoms with Crippen molar-refractivity contribution in [2.24, 2.45) is 0 Å². The average Bonchev–Trinajstić information content (AvgIpc) is 3.45. The Hall–Kier alpha value is -2.39. The SMILES string of the molecule is CCCCCCCCNc1cc(CC)cc(C2=CC(CCCC)=C(c3cc(CC)cc(NCCCCCCCC)c3)[N+]2=[N-])c1.[CH2-]CC.[CH2-]CC.[Ni+2]. The van der Waals surface area contributed by atoms with Crippen LogP contribution in [-0.4, -0.2) is 17.8 Å². The van der Waals surface area contributed by atoms with Gasteiger partial charge in [0.2, 0.25) is 11.4 Å². The molecule has 0 atom stereocenters. The molecular weight excluding hydrogens is 667 g/mol. The molecule has 0 unspecified atom stereocenters. The second-order valence-corrected chi connectivity index (χ2v) is 13.8. The van der Waals surface area contributed by atoms with E-state index >= 15 is 0 Å². The first-order chi connectivity index (χ1) is 24.4. The van der Waals surface area contributed by atoms with E-state index in [-0.39, 0.29) is 16.5 Å². The normalized spacial score (nSPS) is 12.0. The molecule has 0 bridgehead atoms. The summed E-state index contributed by atoms with van der Waals surface area (Å²) in [7, 11) is 0. The molecule has 51 heavy (non-hydrogen) atoms. The van der Waals surface area contributed by atoms with Gasteiger partial charge in [0.15, 0.2) is 0 Å². The van der Waals surface area contributed by atoms with Crippen molar-refractivity contribution in [2.45, 2.75) is 170 Å². The van der Waals surface area contributed by atoms with Gasteiger partial charge in [-0.3, -0.25) is 0 Å². The first-order valence-electron chi connectivity index (χ1n) is 20.7. The van der Waals surface area contributed by atoms with Gasteiger partial charge in [-0.2, -0.15) is 12.8 Å². The number of hydrogen-bond donors (Lipinski definition) is 2. The van der Waals surface area contributed by atoms with Gasteiger partial charge in [0.1, 0.15) is 0 Å². The van der Waals surface area contributed by atoms with E-state index in [2.05, 4.69) is 102 Å². The fourth-order valence-electron chi connectivity index (χ4n) is 6.18. The van der Waals surface area contributed by atoms with E-state index in [0.717, 1.165) is 91.9 Å². The standard InChI is InChI=1S/C40H62N4.2C3H7.Ni/c1-6-11-14-16-18-20-23-42-37-27-32(9-4)25-35(29-37)39-31-34(22-13-8-3)40(44(39)41)36-26-33(10-5)28-38(30-36)43-24-21-19-17-15-12-7-2;2*1-3-2;/h25-31,42-43H,6-24H2,1-5H3;2*1,3H2,2H3;/q;2*-1;+2. The molecule has 3 rings (SSSR count). The van der Waals surface area contributed by atoms with Crippen molar-refractivity contribution < 1.29 is 21.2 Å². The maximum atomic E-state index is 11.8. The van der Waals surface area contributed by atoms with Gasteiger partial charge in [-0.1, -0.05) is 119 Å². The first-order valence-corrected chi connectivity index (χ1v) is 20.7. The van der Waals surface area contributed by atoms with Crippen LogP contribution >= 0.6 is 0 Å². The molecule has 1 heterocycles. The quantitative estimate of drug-likeness (QED) is 0.0515. The average molecular weight is 744 g/mol. The molecule has 0 aliphatic carbocycles. The Labute approximate surface area is 326 Å². The Kier molecular flexibility index (Phi) is 29.7. The number of unbranched alkanes of at least 4 members (excludes halogenated alkanes) is 11. The van der Waals surface area contributed by atoms with Crippen molar-refractivity contribution in [1.82, 2.24) is 0 Å². The number of benzene rings is 2. The zero-order valence-electron chi connectivity index (χ0n) is 34.0. The van der Waals surface area contributed by atoms with E-state index in [1.165, 1.54) is 98.4 Å². The molecule has 0 saturated carbocycles. The van der Waals surface area contributed by atoms with Crippen LogP contribution in [0, 0.1) is 13.8 Å². The van der Waals surface area contributed by atoms with Gasteiger partial charge < -0.3 is 30.0 Å². The topological polar surface area (TPSA) is 49.4 Å². The zero-order chi connectivity index (χ0) is 37.0.